The molecule has 0 saturated carbocycles. The highest BCUT2D eigenvalue weighted by Gasteiger charge is 2.25. The minimum absolute atomic E-state index is 0. The highest BCUT2D eigenvalue weighted by atomic mass is 127. The van der Waals surface area contributed by atoms with Crippen molar-refractivity contribution in [3.05, 3.63) is 0 Å². The summed E-state index contributed by atoms with van der Waals surface area (Å²) >= 11 is 0. The van der Waals surface area contributed by atoms with E-state index in [1.165, 1.54) is 19.3 Å². The molecule has 1 amide bonds. The Balaban J connectivity index is 0.00000338. The molecule has 2 heterocycles. The maximum absolute atomic E-state index is 11.7. The van der Waals surface area contributed by atoms with Crippen molar-refractivity contribution in [2.45, 2.75) is 71.0 Å². The van der Waals surface area contributed by atoms with Gasteiger partial charge in [-0.1, -0.05) is 6.42 Å². The van der Waals surface area contributed by atoms with Gasteiger partial charge in [0, 0.05) is 31.2 Å². The first-order chi connectivity index (χ1) is 12.0. The SMILES string of the molecule is CCOC(=O)N1CCC(NC(N)=NCC(C)N2CCCCC2C)CC1.I. The Kier molecular flexibility index (Phi) is 10.6. The number of hydrogen-bond acceptors (Lipinski definition) is 4. The van der Waals surface area contributed by atoms with Crippen molar-refractivity contribution in [3.8, 4) is 0 Å². The third-order valence-corrected chi connectivity index (χ3v) is 5.32. The van der Waals surface area contributed by atoms with E-state index in [1.807, 2.05) is 6.92 Å². The van der Waals surface area contributed by atoms with Crippen LogP contribution in [0.4, 0.5) is 4.79 Å². The molecule has 2 aliphatic rings. The van der Waals surface area contributed by atoms with E-state index in [-0.39, 0.29) is 36.1 Å². The zero-order valence-corrected chi connectivity index (χ0v) is 18.8. The summed E-state index contributed by atoms with van der Waals surface area (Å²) in [4.78, 5) is 20.6. The average molecular weight is 481 g/mol. The first kappa shape index (κ1) is 23.3. The maximum Gasteiger partial charge on any atom is 0.409 e. The summed E-state index contributed by atoms with van der Waals surface area (Å²) in [5.41, 5.74) is 6.07. The first-order valence-corrected chi connectivity index (χ1v) is 9.75. The van der Waals surface area contributed by atoms with E-state index in [4.69, 9.17) is 10.5 Å². The van der Waals surface area contributed by atoms with Gasteiger partial charge in [0.1, 0.15) is 0 Å². The smallest absolute Gasteiger partial charge is 0.409 e. The number of piperidine rings is 2. The molecule has 2 fully saturated rings. The predicted octanol–water partition coefficient (Wildman–Crippen LogP) is 2.39. The van der Waals surface area contributed by atoms with Crippen LogP contribution in [0.25, 0.3) is 0 Å². The molecule has 0 radical (unpaired) electrons. The fourth-order valence-electron chi connectivity index (χ4n) is 3.79. The normalized spacial score (nSPS) is 23.9. The molecule has 0 aromatic carbocycles. The molecule has 0 aromatic heterocycles. The quantitative estimate of drug-likeness (QED) is 0.358. The number of aliphatic imine (C=N–C) groups is 1. The molecule has 2 aliphatic heterocycles. The van der Waals surface area contributed by atoms with E-state index in [0.29, 0.717) is 37.7 Å². The van der Waals surface area contributed by atoms with E-state index >= 15 is 0 Å². The van der Waals surface area contributed by atoms with Crippen LogP contribution < -0.4 is 11.1 Å². The Morgan fingerprint density at radius 3 is 2.58 bits per heavy atom. The Bertz CT molecular complexity index is 455. The standard InChI is InChI=1S/C18H35N5O2.HI/c1-4-25-18(24)22-11-8-16(9-12-22)21-17(19)20-13-15(3)23-10-6-5-7-14(23)2;/h14-16H,4-13H2,1-3H3,(H3,19,20,21);1H. The molecule has 0 spiro atoms. The van der Waals surface area contributed by atoms with Crippen LogP contribution in [0.2, 0.25) is 0 Å². The number of rotatable bonds is 5. The van der Waals surface area contributed by atoms with E-state index in [0.717, 1.165) is 25.9 Å². The van der Waals surface area contributed by atoms with Gasteiger partial charge in [-0.05, 0) is 53.0 Å². The zero-order valence-electron chi connectivity index (χ0n) is 16.4. The number of halogens is 1. The lowest BCUT2D eigenvalue weighted by Gasteiger charge is -2.37. The topological polar surface area (TPSA) is 83.2 Å². The van der Waals surface area contributed by atoms with Gasteiger partial charge in [-0.2, -0.15) is 0 Å². The lowest BCUT2D eigenvalue weighted by Crippen LogP contribution is -2.49. The minimum Gasteiger partial charge on any atom is -0.450 e. The largest absolute Gasteiger partial charge is 0.450 e. The highest BCUT2D eigenvalue weighted by molar-refractivity contribution is 14.0. The molecule has 0 aromatic rings. The summed E-state index contributed by atoms with van der Waals surface area (Å²) in [5.74, 6) is 0.520. The number of amides is 1. The van der Waals surface area contributed by atoms with E-state index in [9.17, 15) is 4.79 Å². The Morgan fingerprint density at radius 2 is 1.96 bits per heavy atom. The van der Waals surface area contributed by atoms with Crippen molar-refractivity contribution < 1.29 is 9.53 Å². The van der Waals surface area contributed by atoms with Gasteiger partial charge >= 0.3 is 6.09 Å². The summed E-state index contributed by atoms with van der Waals surface area (Å²) in [5, 5.41) is 3.31. The van der Waals surface area contributed by atoms with Crippen LogP contribution >= 0.6 is 24.0 Å². The number of carbonyl (C=O) groups excluding carboxylic acids is 1. The van der Waals surface area contributed by atoms with Gasteiger partial charge in [-0.15, -0.1) is 24.0 Å². The summed E-state index contributed by atoms with van der Waals surface area (Å²) in [6, 6.07) is 1.33. The van der Waals surface area contributed by atoms with Gasteiger partial charge in [-0.25, -0.2) is 4.79 Å². The number of nitrogens with zero attached hydrogens (tertiary/aromatic N) is 3. The summed E-state index contributed by atoms with van der Waals surface area (Å²) in [6.45, 7) is 10.1. The molecule has 152 valence electrons. The van der Waals surface area contributed by atoms with Gasteiger partial charge < -0.3 is 20.7 Å². The highest BCUT2D eigenvalue weighted by Crippen LogP contribution is 2.19. The van der Waals surface area contributed by atoms with Crippen LogP contribution in [-0.4, -0.2) is 72.8 Å². The second-order valence-corrected chi connectivity index (χ2v) is 7.26. The number of likely N-dealkylation sites (tertiary alicyclic amines) is 2. The monoisotopic (exact) mass is 481 g/mol. The molecule has 0 bridgehead atoms. The fourth-order valence-corrected chi connectivity index (χ4v) is 3.79. The van der Waals surface area contributed by atoms with Crippen LogP contribution in [0.1, 0.15) is 52.9 Å². The van der Waals surface area contributed by atoms with Gasteiger partial charge in [0.2, 0.25) is 0 Å². The number of ether oxygens (including phenoxy) is 1. The van der Waals surface area contributed by atoms with Crippen LogP contribution in [0.5, 0.6) is 0 Å². The van der Waals surface area contributed by atoms with Gasteiger partial charge in [0.15, 0.2) is 5.96 Å². The van der Waals surface area contributed by atoms with Crippen molar-refractivity contribution in [2.75, 3.05) is 32.8 Å². The maximum atomic E-state index is 11.7. The predicted molar refractivity (Wildman–Crippen MR) is 116 cm³/mol. The van der Waals surface area contributed by atoms with Gasteiger partial charge in [0.05, 0.1) is 13.2 Å². The molecule has 0 aliphatic carbocycles. The van der Waals surface area contributed by atoms with Crippen LogP contribution in [0.15, 0.2) is 4.99 Å². The molecule has 2 rings (SSSR count). The second kappa shape index (κ2) is 11.8. The molecule has 2 saturated heterocycles. The molecule has 2 atom stereocenters. The molecule has 7 nitrogen and oxygen atoms in total. The molecular formula is C18H36IN5O2. The summed E-state index contributed by atoms with van der Waals surface area (Å²) in [7, 11) is 0. The van der Waals surface area contributed by atoms with Crippen molar-refractivity contribution in [3.63, 3.8) is 0 Å². The lowest BCUT2D eigenvalue weighted by molar-refractivity contribution is 0.0963. The van der Waals surface area contributed by atoms with Crippen molar-refractivity contribution >= 4 is 36.0 Å². The number of guanidine groups is 1. The zero-order chi connectivity index (χ0) is 18.2. The summed E-state index contributed by atoms with van der Waals surface area (Å²) < 4.78 is 5.04. The average Bonchev–Trinajstić information content (AvgIpc) is 2.61. The molecular weight excluding hydrogens is 445 g/mol. The number of hydrogen-bond donors (Lipinski definition) is 2. The minimum atomic E-state index is -0.216. The Morgan fingerprint density at radius 1 is 1.27 bits per heavy atom. The van der Waals surface area contributed by atoms with E-state index in [1.54, 1.807) is 4.90 Å². The summed E-state index contributed by atoms with van der Waals surface area (Å²) in [6.07, 6.45) is 5.42. The number of nitrogens with one attached hydrogen (secondary N) is 1. The van der Waals surface area contributed by atoms with Crippen LogP contribution in [0.3, 0.4) is 0 Å². The van der Waals surface area contributed by atoms with Crippen LogP contribution in [-0.2, 0) is 4.74 Å². The second-order valence-electron chi connectivity index (χ2n) is 7.26. The number of carbonyl (C=O) groups is 1. The first-order valence-electron chi connectivity index (χ1n) is 9.75. The molecule has 26 heavy (non-hydrogen) atoms. The fraction of sp³-hybridized carbons (Fsp3) is 0.889. The number of nitrogens with two attached hydrogens (primary N) is 1. The third-order valence-electron chi connectivity index (χ3n) is 5.32. The molecule has 2 unspecified atom stereocenters. The Hall–Kier alpha value is -0.770. The van der Waals surface area contributed by atoms with Crippen LogP contribution in [0, 0.1) is 0 Å². The van der Waals surface area contributed by atoms with E-state index < -0.39 is 0 Å². The lowest BCUT2D eigenvalue weighted by atomic mass is 10.0. The molecule has 3 N–H and O–H groups in total. The van der Waals surface area contributed by atoms with Crippen molar-refractivity contribution in [1.29, 1.82) is 0 Å². The van der Waals surface area contributed by atoms with Crippen molar-refractivity contribution in [1.82, 2.24) is 15.1 Å². The van der Waals surface area contributed by atoms with Crippen molar-refractivity contribution in [2.24, 2.45) is 10.7 Å². The third kappa shape index (κ3) is 7.09. The van der Waals surface area contributed by atoms with Gasteiger partial charge in [0.25, 0.3) is 0 Å². The molecule has 8 heteroatoms. The Labute approximate surface area is 175 Å². The van der Waals surface area contributed by atoms with E-state index in [2.05, 4.69) is 29.1 Å². The van der Waals surface area contributed by atoms with Gasteiger partial charge in [-0.3, -0.25) is 9.89 Å².